The molecule has 0 N–H and O–H groups in total. The standard InChI is InChI=1S/C78H136N2.2C8H9.Ni/c1-5-9-13-15-17-19-21-23-25-27-29-31-33-34-35-36-38-39-41-43-45-47-49-51-53-55-57-60-72-65-69-73(70-66-72)77-75(61-12-8-4)76(78(80(77)79)74-67-63-71(64-68-74)59-11-7-3)62-58-56-54-52-50-48-46-44-42-40-37-32-30-28-26-24-22-20-18-16-14-10-6-2;2*1-2-8-6-4-3-5-7-8;/h63-70H,5-62H2,1-4H3;2*3-7H,1-2H2;/q;2*-1;+2. The molecule has 0 unspecified atom stereocenters. The molecule has 4 aromatic rings. The van der Waals surface area contributed by atoms with E-state index in [1.54, 1.807) is 4.70 Å². The van der Waals surface area contributed by atoms with Crippen LogP contribution in [0, 0.1) is 13.8 Å². The molecular formula is C94H154N2Ni. The molecule has 0 radical (unpaired) electrons. The number of benzene rings is 4. The van der Waals surface area contributed by atoms with Crippen molar-refractivity contribution < 1.29 is 21.2 Å². The quantitative estimate of drug-likeness (QED) is 0.0182. The second-order valence-corrected chi connectivity index (χ2v) is 29.5. The molecule has 4 aromatic carbocycles. The number of allylic oxidation sites excluding steroid dienone is 2. The minimum absolute atomic E-state index is 0. The van der Waals surface area contributed by atoms with Crippen LogP contribution in [0.5, 0.6) is 0 Å². The molecule has 0 saturated carbocycles. The third-order valence-corrected chi connectivity index (χ3v) is 20.8. The maximum atomic E-state index is 12.3. The molecule has 0 atom stereocenters. The van der Waals surface area contributed by atoms with E-state index in [0.717, 1.165) is 68.3 Å². The van der Waals surface area contributed by atoms with Gasteiger partial charge in [-0.25, -0.2) is 4.70 Å². The van der Waals surface area contributed by atoms with Crippen molar-refractivity contribution >= 4 is 11.4 Å². The number of hydrogen-bond donors (Lipinski definition) is 0. The average molecular weight is 1370 g/mol. The van der Waals surface area contributed by atoms with Crippen LogP contribution in [0.2, 0.25) is 0 Å². The maximum Gasteiger partial charge on any atom is 2.00 e. The molecule has 550 valence electrons. The van der Waals surface area contributed by atoms with E-state index in [1.165, 1.54) is 373 Å². The Morgan fingerprint density at radius 2 is 0.423 bits per heavy atom. The van der Waals surface area contributed by atoms with E-state index in [1.807, 2.05) is 36.4 Å². The van der Waals surface area contributed by atoms with Crippen LogP contribution in [0.3, 0.4) is 0 Å². The molecule has 0 amide bonds. The molecule has 0 aromatic heterocycles. The summed E-state index contributed by atoms with van der Waals surface area (Å²) in [5.41, 5.74) is 24.9. The third-order valence-electron chi connectivity index (χ3n) is 20.8. The first-order chi connectivity index (χ1) is 47.5. The first-order valence-corrected chi connectivity index (χ1v) is 42.3. The van der Waals surface area contributed by atoms with E-state index < -0.39 is 0 Å². The topological polar surface area (TPSA) is 25.3 Å². The summed E-state index contributed by atoms with van der Waals surface area (Å²) in [5.74, 6) is 0. The van der Waals surface area contributed by atoms with Gasteiger partial charge in [0.05, 0.1) is 0 Å². The molecule has 0 fully saturated rings. The first kappa shape index (κ1) is 89.5. The molecule has 0 aliphatic carbocycles. The molecule has 2 nitrogen and oxygen atoms in total. The molecule has 0 spiro atoms. The van der Waals surface area contributed by atoms with Crippen molar-refractivity contribution in [3.05, 3.63) is 173 Å². The van der Waals surface area contributed by atoms with Gasteiger partial charge in [-0.3, -0.25) is 0 Å². The first-order valence-electron chi connectivity index (χ1n) is 42.3. The number of unbranched alkanes of at least 4 members (excludes halogenated alkanes) is 50. The van der Waals surface area contributed by atoms with E-state index in [9.17, 15) is 5.53 Å². The summed E-state index contributed by atoms with van der Waals surface area (Å²) in [6.07, 6.45) is 82.4. The fourth-order valence-corrected chi connectivity index (χ4v) is 14.4. The summed E-state index contributed by atoms with van der Waals surface area (Å²) in [6, 6.07) is 39.0. The summed E-state index contributed by atoms with van der Waals surface area (Å²) in [6.45, 7) is 16.7. The van der Waals surface area contributed by atoms with Gasteiger partial charge in [-0.15, -0.1) is 0 Å². The van der Waals surface area contributed by atoms with Crippen LogP contribution in [0.4, 0.5) is 0 Å². The van der Waals surface area contributed by atoms with Crippen molar-refractivity contribution in [2.45, 2.75) is 413 Å². The maximum absolute atomic E-state index is 12.3. The van der Waals surface area contributed by atoms with Gasteiger partial charge in [0.1, 0.15) is 0 Å². The Kier molecular flexibility index (Phi) is 61.8. The summed E-state index contributed by atoms with van der Waals surface area (Å²) in [7, 11) is 0. The van der Waals surface area contributed by atoms with Crippen LogP contribution in [0.15, 0.2) is 120 Å². The number of aryl methyl sites for hydroxylation is 2. The Morgan fingerprint density at radius 3 is 0.649 bits per heavy atom. The summed E-state index contributed by atoms with van der Waals surface area (Å²) in [4.78, 5) is 0. The predicted molar refractivity (Wildman–Crippen MR) is 430 cm³/mol. The molecule has 1 heterocycles. The minimum atomic E-state index is 0. The Hall–Kier alpha value is -3.55. The fourth-order valence-electron chi connectivity index (χ4n) is 14.4. The van der Waals surface area contributed by atoms with Crippen LogP contribution >= 0.6 is 0 Å². The summed E-state index contributed by atoms with van der Waals surface area (Å²) in [5, 5.41) is 0. The van der Waals surface area contributed by atoms with E-state index in [2.05, 4.69) is 114 Å². The fraction of sp³-hybridized carbons (Fsp3) is 0.681. The number of nitrogens with zero attached hydrogens (tertiary/aromatic N) is 2. The molecule has 3 heteroatoms. The molecule has 97 heavy (non-hydrogen) atoms. The summed E-state index contributed by atoms with van der Waals surface area (Å²) >= 11 is 0. The monoisotopic (exact) mass is 1370 g/mol. The zero-order valence-electron chi connectivity index (χ0n) is 64.4. The molecule has 5 rings (SSSR count). The van der Waals surface area contributed by atoms with Crippen LogP contribution in [0.25, 0.3) is 16.9 Å². The molecule has 0 saturated heterocycles. The second-order valence-electron chi connectivity index (χ2n) is 29.5. The number of hydrogen-bond acceptors (Lipinski definition) is 0. The Morgan fingerprint density at radius 1 is 0.227 bits per heavy atom. The van der Waals surface area contributed by atoms with Crippen LogP contribution in [-0.4, -0.2) is 4.70 Å². The van der Waals surface area contributed by atoms with Crippen LogP contribution in [0.1, 0.15) is 421 Å². The van der Waals surface area contributed by atoms with Crippen molar-refractivity contribution in [2.24, 2.45) is 0 Å². The smallest absolute Gasteiger partial charge is 0.493 e. The van der Waals surface area contributed by atoms with Crippen molar-refractivity contribution in [1.82, 2.24) is 0 Å². The molecule has 1 aliphatic rings. The van der Waals surface area contributed by atoms with E-state index in [0.29, 0.717) is 0 Å². The largest absolute Gasteiger partial charge is 2.00 e. The van der Waals surface area contributed by atoms with Crippen molar-refractivity contribution in [3.8, 4) is 0 Å². The molecule has 0 bridgehead atoms. The van der Waals surface area contributed by atoms with Crippen molar-refractivity contribution in [3.63, 3.8) is 0 Å². The van der Waals surface area contributed by atoms with Gasteiger partial charge < -0.3 is 19.4 Å². The van der Waals surface area contributed by atoms with Gasteiger partial charge in [-0.1, -0.05) is 445 Å². The third kappa shape index (κ3) is 47.3. The molecule has 1 aliphatic heterocycles. The van der Waals surface area contributed by atoms with E-state index >= 15 is 0 Å². The zero-order valence-corrected chi connectivity index (χ0v) is 65.4. The minimum Gasteiger partial charge on any atom is -0.493 e. The summed E-state index contributed by atoms with van der Waals surface area (Å²) < 4.78 is 1.61. The average Bonchev–Trinajstić information content (AvgIpc) is 1.61. The van der Waals surface area contributed by atoms with Gasteiger partial charge in [-0.05, 0) is 86.8 Å². The second kappa shape index (κ2) is 67.0. The SMILES string of the molecule is CCCCCCCCCCCCCCCCCCCCCCCCCCCCCc1ccc(C2=C(CCCC)C(CCCCCCCCCCCCCCCCCCCCCCCCC)=C(c3ccc(CCCC)cc3)[N+]2=[N-])cc1.[CH2-]Cc1ccccc1.[CH2-]Cc1ccccc1.[Ni+2]. The normalized spacial score (nSPS) is 12.1. The van der Waals surface area contributed by atoms with E-state index in [-0.39, 0.29) is 16.5 Å². The van der Waals surface area contributed by atoms with Crippen molar-refractivity contribution in [1.29, 1.82) is 0 Å². The van der Waals surface area contributed by atoms with Gasteiger partial charge in [0.2, 0.25) is 11.4 Å². The van der Waals surface area contributed by atoms with E-state index in [4.69, 9.17) is 0 Å². The number of rotatable bonds is 62. The van der Waals surface area contributed by atoms with Gasteiger partial charge >= 0.3 is 16.5 Å². The van der Waals surface area contributed by atoms with Gasteiger partial charge in [-0.2, -0.15) is 12.8 Å². The van der Waals surface area contributed by atoms with Gasteiger partial charge in [0.15, 0.2) is 0 Å². The Bertz CT molecular complexity index is 2340. The van der Waals surface area contributed by atoms with Gasteiger partial charge in [0, 0.05) is 22.3 Å². The molecular weight excluding hydrogens is 1220 g/mol. The van der Waals surface area contributed by atoms with Crippen molar-refractivity contribution in [2.75, 3.05) is 0 Å². The predicted octanol–water partition coefficient (Wildman–Crippen LogP) is 32.0. The van der Waals surface area contributed by atoms with Crippen LogP contribution in [-0.2, 0) is 42.2 Å². The van der Waals surface area contributed by atoms with Crippen LogP contribution < -0.4 is 0 Å². The Balaban J connectivity index is 0.00000163. The van der Waals surface area contributed by atoms with Gasteiger partial charge in [0.25, 0.3) is 0 Å². The Labute approximate surface area is 614 Å². The zero-order chi connectivity index (χ0) is 68.5.